The van der Waals surface area contributed by atoms with Gasteiger partial charge in [0.2, 0.25) is 6.79 Å². The first-order valence-electron chi connectivity index (χ1n) is 7.95. The summed E-state index contributed by atoms with van der Waals surface area (Å²) in [7, 11) is 0. The van der Waals surface area contributed by atoms with Gasteiger partial charge in [-0.25, -0.2) is 0 Å². The molecule has 126 valence electrons. The van der Waals surface area contributed by atoms with E-state index >= 15 is 0 Å². The fraction of sp³-hybridized carbons (Fsp3) is 0.412. The van der Waals surface area contributed by atoms with Gasteiger partial charge in [-0.15, -0.1) is 0 Å². The second-order valence-corrected chi connectivity index (χ2v) is 6.16. The van der Waals surface area contributed by atoms with Crippen LogP contribution in [0.25, 0.3) is 10.9 Å². The Kier molecular flexibility index (Phi) is 3.37. The van der Waals surface area contributed by atoms with Crippen LogP contribution in [0.15, 0.2) is 18.3 Å². The Labute approximate surface area is 138 Å². The summed E-state index contributed by atoms with van der Waals surface area (Å²) in [6.45, 7) is 2.04. The number of ether oxygens (including phenoxy) is 3. The molecule has 2 heterocycles. The van der Waals surface area contributed by atoms with Crippen molar-refractivity contribution in [2.24, 2.45) is 0 Å². The SMILES string of the molecule is CC(=O)OC1(C(=O)NCCc2c[nH]c3cc4c(cc23)OCO4)CC1. The Bertz CT molecular complexity index is 822. The number of fused-ring (bicyclic) bond motifs is 2. The summed E-state index contributed by atoms with van der Waals surface area (Å²) in [6.07, 6.45) is 3.77. The second kappa shape index (κ2) is 5.43. The van der Waals surface area contributed by atoms with Gasteiger partial charge in [-0.1, -0.05) is 0 Å². The van der Waals surface area contributed by atoms with Crippen molar-refractivity contribution in [1.29, 1.82) is 0 Å². The zero-order valence-electron chi connectivity index (χ0n) is 13.3. The lowest BCUT2D eigenvalue weighted by Gasteiger charge is -2.15. The molecule has 1 amide bonds. The standard InChI is InChI=1S/C17H18N2O5/c1-10(20)24-17(3-4-17)16(21)18-5-2-11-8-19-13-7-15-14(6-12(11)13)22-9-23-15/h6-8,19H,2-5,9H2,1H3,(H,18,21). The summed E-state index contributed by atoms with van der Waals surface area (Å²) in [6, 6.07) is 3.87. The molecule has 1 aliphatic carbocycles. The van der Waals surface area contributed by atoms with E-state index in [1.165, 1.54) is 6.92 Å². The molecule has 1 aliphatic heterocycles. The highest BCUT2D eigenvalue weighted by molar-refractivity contribution is 5.90. The zero-order valence-corrected chi connectivity index (χ0v) is 13.3. The maximum absolute atomic E-state index is 12.2. The number of aromatic amines is 1. The average molecular weight is 330 g/mol. The molecular formula is C17H18N2O5. The van der Waals surface area contributed by atoms with E-state index in [1.54, 1.807) is 0 Å². The number of nitrogens with one attached hydrogen (secondary N) is 2. The van der Waals surface area contributed by atoms with E-state index < -0.39 is 11.6 Å². The lowest BCUT2D eigenvalue weighted by Crippen LogP contribution is -2.40. The molecule has 1 aromatic carbocycles. The van der Waals surface area contributed by atoms with Crippen LogP contribution in [0.2, 0.25) is 0 Å². The molecular weight excluding hydrogens is 312 g/mol. The van der Waals surface area contributed by atoms with E-state index in [1.807, 2.05) is 18.3 Å². The number of H-pyrrole nitrogens is 1. The van der Waals surface area contributed by atoms with Crippen molar-refractivity contribution in [3.63, 3.8) is 0 Å². The zero-order chi connectivity index (χ0) is 16.7. The number of benzene rings is 1. The third-order valence-corrected chi connectivity index (χ3v) is 4.40. The van der Waals surface area contributed by atoms with Crippen LogP contribution in [-0.2, 0) is 20.7 Å². The summed E-state index contributed by atoms with van der Waals surface area (Å²) in [5, 5.41) is 3.91. The number of esters is 1. The van der Waals surface area contributed by atoms with Gasteiger partial charge >= 0.3 is 5.97 Å². The monoisotopic (exact) mass is 330 g/mol. The molecule has 4 rings (SSSR count). The molecule has 1 aromatic heterocycles. The van der Waals surface area contributed by atoms with Crippen LogP contribution >= 0.6 is 0 Å². The smallest absolute Gasteiger partial charge is 0.303 e. The van der Waals surface area contributed by atoms with Gasteiger partial charge in [0.1, 0.15) is 0 Å². The molecule has 24 heavy (non-hydrogen) atoms. The minimum atomic E-state index is -0.932. The Hall–Kier alpha value is -2.70. The summed E-state index contributed by atoms with van der Waals surface area (Å²) in [4.78, 5) is 26.5. The van der Waals surface area contributed by atoms with Gasteiger partial charge < -0.3 is 24.5 Å². The van der Waals surface area contributed by atoms with Crippen molar-refractivity contribution in [3.8, 4) is 11.5 Å². The predicted molar refractivity (Wildman–Crippen MR) is 84.9 cm³/mol. The molecule has 0 radical (unpaired) electrons. The summed E-state index contributed by atoms with van der Waals surface area (Å²) >= 11 is 0. The Morgan fingerprint density at radius 1 is 1.29 bits per heavy atom. The van der Waals surface area contributed by atoms with Gasteiger partial charge in [-0.05, 0) is 18.1 Å². The van der Waals surface area contributed by atoms with Crippen molar-refractivity contribution >= 4 is 22.8 Å². The molecule has 2 aliphatic rings. The van der Waals surface area contributed by atoms with E-state index in [0.717, 1.165) is 28.0 Å². The van der Waals surface area contributed by atoms with Crippen LogP contribution in [0.4, 0.5) is 0 Å². The first-order chi connectivity index (χ1) is 11.6. The highest BCUT2D eigenvalue weighted by Gasteiger charge is 2.53. The quantitative estimate of drug-likeness (QED) is 0.814. The molecule has 0 saturated heterocycles. The van der Waals surface area contributed by atoms with Crippen molar-refractivity contribution in [3.05, 3.63) is 23.9 Å². The number of hydrogen-bond donors (Lipinski definition) is 2. The number of carbonyl (C=O) groups is 2. The molecule has 7 nitrogen and oxygen atoms in total. The van der Waals surface area contributed by atoms with E-state index in [9.17, 15) is 9.59 Å². The van der Waals surface area contributed by atoms with Gasteiger partial charge in [0.25, 0.3) is 5.91 Å². The Morgan fingerprint density at radius 3 is 2.75 bits per heavy atom. The Balaban J connectivity index is 1.41. The minimum absolute atomic E-state index is 0.213. The summed E-state index contributed by atoms with van der Waals surface area (Å²) in [5.74, 6) is 0.839. The summed E-state index contributed by atoms with van der Waals surface area (Å²) < 4.78 is 15.9. The third kappa shape index (κ3) is 2.55. The van der Waals surface area contributed by atoms with E-state index in [2.05, 4.69) is 10.3 Å². The van der Waals surface area contributed by atoms with Crippen LogP contribution in [0, 0.1) is 0 Å². The van der Waals surface area contributed by atoms with Gasteiger partial charge in [0.05, 0.1) is 0 Å². The lowest BCUT2D eigenvalue weighted by atomic mass is 10.1. The first-order valence-corrected chi connectivity index (χ1v) is 7.95. The van der Waals surface area contributed by atoms with Gasteiger partial charge in [-0.3, -0.25) is 9.59 Å². The second-order valence-electron chi connectivity index (χ2n) is 6.16. The third-order valence-electron chi connectivity index (χ3n) is 4.40. The maximum Gasteiger partial charge on any atom is 0.303 e. The topological polar surface area (TPSA) is 89.7 Å². The number of amides is 1. The van der Waals surface area contributed by atoms with E-state index in [-0.39, 0.29) is 12.7 Å². The molecule has 2 aromatic rings. The highest BCUT2D eigenvalue weighted by Crippen LogP contribution is 2.40. The van der Waals surface area contributed by atoms with Crippen LogP contribution < -0.4 is 14.8 Å². The first kappa shape index (κ1) is 14.9. The molecule has 1 fully saturated rings. The van der Waals surface area contributed by atoms with Gasteiger partial charge in [0, 0.05) is 49.5 Å². The van der Waals surface area contributed by atoms with Crippen molar-refractivity contribution in [2.75, 3.05) is 13.3 Å². The number of hydrogen-bond acceptors (Lipinski definition) is 5. The normalized spacial score (nSPS) is 16.9. The van der Waals surface area contributed by atoms with Crippen LogP contribution in [0.1, 0.15) is 25.3 Å². The molecule has 2 N–H and O–H groups in total. The number of rotatable bonds is 5. The van der Waals surface area contributed by atoms with Crippen LogP contribution in [0.3, 0.4) is 0 Å². The maximum atomic E-state index is 12.2. The largest absolute Gasteiger partial charge is 0.454 e. The molecule has 1 saturated carbocycles. The highest BCUT2D eigenvalue weighted by atomic mass is 16.7. The Morgan fingerprint density at radius 2 is 2.04 bits per heavy atom. The van der Waals surface area contributed by atoms with Crippen molar-refractivity contribution in [1.82, 2.24) is 10.3 Å². The fourth-order valence-corrected chi connectivity index (χ4v) is 3.01. The molecule has 7 heteroatoms. The predicted octanol–water partition coefficient (Wildman–Crippen LogP) is 1.65. The minimum Gasteiger partial charge on any atom is -0.454 e. The fourth-order valence-electron chi connectivity index (χ4n) is 3.01. The van der Waals surface area contributed by atoms with Crippen LogP contribution in [-0.4, -0.2) is 35.8 Å². The van der Waals surface area contributed by atoms with Crippen molar-refractivity contribution in [2.45, 2.75) is 31.8 Å². The molecule has 0 atom stereocenters. The van der Waals surface area contributed by atoms with Gasteiger partial charge in [-0.2, -0.15) is 0 Å². The molecule has 0 spiro atoms. The average Bonchev–Trinajstić information content (AvgIpc) is 3.01. The molecule has 0 unspecified atom stereocenters. The molecule has 0 bridgehead atoms. The number of carbonyl (C=O) groups excluding carboxylic acids is 2. The van der Waals surface area contributed by atoms with E-state index in [0.29, 0.717) is 25.8 Å². The van der Waals surface area contributed by atoms with Crippen molar-refractivity contribution < 1.29 is 23.8 Å². The van der Waals surface area contributed by atoms with Crippen LogP contribution in [0.5, 0.6) is 11.5 Å². The lowest BCUT2D eigenvalue weighted by molar-refractivity contribution is -0.156. The summed E-state index contributed by atoms with van der Waals surface area (Å²) in [5.41, 5.74) is 1.12. The van der Waals surface area contributed by atoms with Gasteiger partial charge in [0.15, 0.2) is 17.1 Å². The number of aromatic nitrogens is 1. The van der Waals surface area contributed by atoms with E-state index in [4.69, 9.17) is 14.2 Å².